The molecule has 0 aromatic rings. The van der Waals surface area contributed by atoms with E-state index in [9.17, 15) is 13.6 Å². The number of carbonyl (C=O) groups is 1. The predicted octanol–water partition coefficient (Wildman–Crippen LogP) is 0.186. The van der Waals surface area contributed by atoms with Gasteiger partial charge in [0.2, 0.25) is 5.78 Å². The summed E-state index contributed by atoms with van der Waals surface area (Å²) in [6.07, 6.45) is 4.28. The highest BCUT2D eigenvalue weighted by molar-refractivity contribution is 5.99. The number of carbonyl (C=O) groups excluding carboxylic acids is 1. The first-order valence-electron chi connectivity index (χ1n) is 3.17. The zero-order chi connectivity index (χ0) is 8.48. The molecule has 0 bridgehead atoms. The second kappa shape index (κ2) is 2.59. The van der Waals surface area contributed by atoms with Crippen LogP contribution in [0.25, 0.3) is 0 Å². The van der Waals surface area contributed by atoms with Gasteiger partial charge in [0, 0.05) is 6.42 Å². The molecule has 0 aliphatic carbocycles. The zero-order valence-corrected chi connectivity index (χ0v) is 5.73. The summed E-state index contributed by atoms with van der Waals surface area (Å²) in [5.74, 6) is -1.57. The van der Waals surface area contributed by atoms with Gasteiger partial charge in [-0.3, -0.25) is 4.79 Å². The van der Waals surface area contributed by atoms with Crippen molar-refractivity contribution in [3.63, 3.8) is 0 Å². The lowest BCUT2D eigenvalue weighted by Gasteiger charge is -2.04. The predicted molar refractivity (Wildman–Crippen MR) is 35.2 cm³/mol. The Labute approximate surface area is 63.0 Å². The molecular formula is C7H7F2NO. The largest absolute Gasteiger partial charge is 0.301 e. The lowest BCUT2D eigenvalue weighted by atomic mass is 10.1. The highest BCUT2D eigenvalue weighted by atomic mass is 19.3. The molecule has 0 amide bonds. The van der Waals surface area contributed by atoms with Crippen molar-refractivity contribution in [2.24, 2.45) is 0 Å². The minimum Gasteiger partial charge on any atom is -0.301 e. The van der Waals surface area contributed by atoms with E-state index < -0.39 is 30.7 Å². The standard InChI is InChI=1S/C7H7F2NO/c1-2-6(11)5-3-7(8,9)4-10-5/h1,5,10H,3-4H2/t5-/m0/s1. The third-order valence-electron chi connectivity index (χ3n) is 1.57. The summed E-state index contributed by atoms with van der Waals surface area (Å²) in [5.41, 5.74) is 0. The molecule has 11 heavy (non-hydrogen) atoms. The van der Waals surface area contributed by atoms with Gasteiger partial charge in [-0.1, -0.05) is 0 Å². The average molecular weight is 159 g/mol. The second-order valence-corrected chi connectivity index (χ2v) is 2.50. The minimum absolute atomic E-state index is 0.453. The number of Topliss-reactive ketones (excluding diaryl/α,β-unsaturated/α-hetero) is 1. The summed E-state index contributed by atoms with van der Waals surface area (Å²) in [5, 5.41) is 2.36. The smallest absolute Gasteiger partial charge is 0.262 e. The highest BCUT2D eigenvalue weighted by Gasteiger charge is 2.41. The molecule has 0 spiro atoms. The molecule has 2 nitrogen and oxygen atoms in total. The molecule has 0 radical (unpaired) electrons. The third-order valence-corrected chi connectivity index (χ3v) is 1.57. The molecule has 0 unspecified atom stereocenters. The molecule has 1 fully saturated rings. The molecule has 0 aromatic carbocycles. The first-order chi connectivity index (χ1) is 5.05. The second-order valence-electron chi connectivity index (χ2n) is 2.50. The van der Waals surface area contributed by atoms with Gasteiger partial charge in [0.25, 0.3) is 5.92 Å². The molecule has 1 N–H and O–H groups in total. The fourth-order valence-electron chi connectivity index (χ4n) is 1.00. The summed E-state index contributed by atoms with van der Waals surface area (Å²) in [6.45, 7) is -0.453. The van der Waals surface area contributed by atoms with Crippen LogP contribution in [0.5, 0.6) is 0 Å². The quantitative estimate of drug-likeness (QED) is 0.437. The number of alkyl halides is 2. The molecule has 1 saturated heterocycles. The first kappa shape index (κ1) is 8.15. The Hall–Kier alpha value is -0.950. The van der Waals surface area contributed by atoms with E-state index in [2.05, 4.69) is 5.32 Å². The van der Waals surface area contributed by atoms with Crippen molar-refractivity contribution in [1.29, 1.82) is 0 Å². The summed E-state index contributed by atoms with van der Waals surface area (Å²) in [7, 11) is 0. The highest BCUT2D eigenvalue weighted by Crippen LogP contribution is 2.25. The van der Waals surface area contributed by atoms with Crippen molar-refractivity contribution in [3.05, 3.63) is 0 Å². The van der Waals surface area contributed by atoms with Gasteiger partial charge in [-0.2, -0.15) is 0 Å². The maximum Gasteiger partial charge on any atom is 0.262 e. The molecule has 0 saturated carbocycles. The van der Waals surface area contributed by atoms with Crippen LogP contribution >= 0.6 is 0 Å². The van der Waals surface area contributed by atoms with Gasteiger partial charge in [0.05, 0.1) is 12.6 Å². The molecule has 1 aliphatic heterocycles. The third kappa shape index (κ3) is 1.75. The van der Waals surface area contributed by atoms with E-state index >= 15 is 0 Å². The number of rotatable bonds is 1. The molecule has 1 rings (SSSR count). The summed E-state index contributed by atoms with van der Waals surface area (Å²) in [4.78, 5) is 10.7. The maximum absolute atomic E-state index is 12.4. The van der Waals surface area contributed by atoms with Gasteiger partial charge in [0.1, 0.15) is 0 Å². The molecular weight excluding hydrogens is 152 g/mol. The molecule has 60 valence electrons. The number of hydrogen-bond acceptors (Lipinski definition) is 2. The van der Waals surface area contributed by atoms with Crippen molar-refractivity contribution in [2.75, 3.05) is 6.54 Å². The first-order valence-corrected chi connectivity index (χ1v) is 3.17. The van der Waals surface area contributed by atoms with Crippen molar-refractivity contribution in [1.82, 2.24) is 5.32 Å². The Kier molecular flexibility index (Phi) is 1.92. The zero-order valence-electron chi connectivity index (χ0n) is 5.73. The number of nitrogens with one attached hydrogen (secondary N) is 1. The average Bonchev–Trinajstić information content (AvgIpc) is 2.29. The minimum atomic E-state index is -2.78. The Morgan fingerprint density at radius 3 is 2.73 bits per heavy atom. The number of hydrogen-bond donors (Lipinski definition) is 1. The van der Waals surface area contributed by atoms with Crippen LogP contribution in [0.15, 0.2) is 0 Å². The normalized spacial score (nSPS) is 27.9. The van der Waals surface area contributed by atoms with Crippen LogP contribution in [0.3, 0.4) is 0 Å². The van der Waals surface area contributed by atoms with Gasteiger partial charge in [-0.25, -0.2) is 8.78 Å². The van der Waals surface area contributed by atoms with Crippen LogP contribution < -0.4 is 5.32 Å². The Bertz CT molecular complexity index is 219. The topological polar surface area (TPSA) is 29.1 Å². The van der Waals surface area contributed by atoms with Gasteiger partial charge >= 0.3 is 0 Å². The number of terminal acetylenes is 1. The van der Waals surface area contributed by atoms with Crippen LogP contribution in [-0.2, 0) is 4.79 Å². The molecule has 4 heteroatoms. The summed E-state index contributed by atoms with van der Waals surface area (Å²) < 4.78 is 24.8. The van der Waals surface area contributed by atoms with Crippen LogP contribution in [0.4, 0.5) is 8.78 Å². The van der Waals surface area contributed by atoms with E-state index in [1.807, 2.05) is 5.92 Å². The van der Waals surface area contributed by atoms with E-state index in [1.165, 1.54) is 0 Å². The van der Waals surface area contributed by atoms with Gasteiger partial charge in [0.15, 0.2) is 0 Å². The number of ketones is 1. The maximum atomic E-state index is 12.4. The van der Waals surface area contributed by atoms with Gasteiger partial charge < -0.3 is 5.32 Å². The van der Waals surface area contributed by atoms with Crippen molar-refractivity contribution >= 4 is 5.78 Å². The van der Waals surface area contributed by atoms with E-state index in [-0.39, 0.29) is 0 Å². The molecule has 1 atom stereocenters. The van der Waals surface area contributed by atoms with Crippen LogP contribution in [0.2, 0.25) is 0 Å². The Morgan fingerprint density at radius 1 is 1.73 bits per heavy atom. The van der Waals surface area contributed by atoms with Gasteiger partial charge in [-0.15, -0.1) is 6.42 Å². The Morgan fingerprint density at radius 2 is 2.36 bits per heavy atom. The molecule has 0 aromatic heterocycles. The lowest BCUT2D eigenvalue weighted by Crippen LogP contribution is -2.29. The fourth-order valence-corrected chi connectivity index (χ4v) is 1.00. The van der Waals surface area contributed by atoms with Crippen LogP contribution in [0.1, 0.15) is 6.42 Å². The lowest BCUT2D eigenvalue weighted by molar-refractivity contribution is -0.115. The van der Waals surface area contributed by atoms with E-state index in [1.54, 1.807) is 0 Å². The number of halogens is 2. The Balaban J connectivity index is 2.57. The summed E-state index contributed by atoms with van der Waals surface area (Å²) >= 11 is 0. The summed E-state index contributed by atoms with van der Waals surface area (Å²) in [6, 6.07) is -0.852. The van der Waals surface area contributed by atoms with Crippen LogP contribution in [-0.4, -0.2) is 24.3 Å². The fraction of sp³-hybridized carbons (Fsp3) is 0.571. The van der Waals surface area contributed by atoms with Crippen molar-refractivity contribution in [3.8, 4) is 12.3 Å². The SMILES string of the molecule is C#CC(=O)[C@@H]1CC(F)(F)CN1. The van der Waals surface area contributed by atoms with Crippen LogP contribution in [0, 0.1) is 12.3 Å². The van der Waals surface area contributed by atoms with E-state index in [0.717, 1.165) is 0 Å². The monoisotopic (exact) mass is 159 g/mol. The molecule has 1 heterocycles. The van der Waals surface area contributed by atoms with E-state index in [4.69, 9.17) is 6.42 Å². The van der Waals surface area contributed by atoms with Crippen molar-refractivity contribution < 1.29 is 13.6 Å². The van der Waals surface area contributed by atoms with Crippen molar-refractivity contribution in [2.45, 2.75) is 18.4 Å². The van der Waals surface area contributed by atoms with E-state index in [0.29, 0.717) is 0 Å². The van der Waals surface area contributed by atoms with Gasteiger partial charge in [-0.05, 0) is 5.92 Å². The molecule has 1 aliphatic rings.